The highest BCUT2D eigenvalue weighted by molar-refractivity contribution is 6.46. The van der Waals surface area contributed by atoms with E-state index in [-0.39, 0.29) is 5.92 Å². The van der Waals surface area contributed by atoms with Crippen LogP contribution in [0.5, 0.6) is 0 Å². The summed E-state index contributed by atoms with van der Waals surface area (Å²) in [6.07, 6.45) is 3.69. The molecule has 1 atom stereocenters. The lowest BCUT2D eigenvalue weighted by Gasteiger charge is -2.43. The number of aryl methyl sites for hydroxylation is 1. The summed E-state index contributed by atoms with van der Waals surface area (Å²) >= 11 is 0. The van der Waals surface area contributed by atoms with E-state index in [2.05, 4.69) is 5.10 Å². The van der Waals surface area contributed by atoms with Crippen LogP contribution < -0.4 is 5.46 Å². The van der Waals surface area contributed by atoms with Gasteiger partial charge >= 0.3 is 7.48 Å². The van der Waals surface area contributed by atoms with Crippen molar-refractivity contribution in [2.45, 2.75) is 45.8 Å². The number of aliphatic hydroxyl groups is 1. The zero-order chi connectivity index (χ0) is 13.3. The lowest BCUT2D eigenvalue weighted by atomic mass is 9.76. The van der Waals surface area contributed by atoms with Gasteiger partial charge in [-0.3, -0.25) is 4.68 Å². The Labute approximate surface area is 104 Å². The molecule has 1 rings (SSSR count). The maximum absolute atomic E-state index is 10.5. The Morgan fingerprint density at radius 2 is 2.00 bits per heavy atom. The van der Waals surface area contributed by atoms with Gasteiger partial charge in [0.2, 0.25) is 0 Å². The highest BCUT2D eigenvalue weighted by Gasteiger charge is 2.42. The zero-order valence-electron chi connectivity index (χ0n) is 11.7. The normalized spacial score (nSPS) is 16.0. The minimum atomic E-state index is -0.866. The minimum absolute atomic E-state index is 0.131. The molecule has 0 fully saturated rings. The van der Waals surface area contributed by atoms with Crippen molar-refractivity contribution in [1.29, 1.82) is 0 Å². The molecule has 1 aromatic heterocycles. The number of nitrogens with zero attached hydrogens (tertiary/aromatic N) is 2. The molecule has 5 heteroatoms. The number of aromatic nitrogens is 2. The molecule has 0 aliphatic rings. The first-order chi connectivity index (χ1) is 7.67. The largest absolute Gasteiger partial charge is 0.427 e. The van der Waals surface area contributed by atoms with Crippen LogP contribution in [0.4, 0.5) is 0 Å². The number of hydrogen-bond donors (Lipinski definition) is 1. The maximum Gasteiger partial charge on any atom is 0.312 e. The third-order valence-electron chi connectivity index (χ3n) is 3.70. The fraction of sp³-hybridized carbons (Fsp3) is 0.750. The van der Waals surface area contributed by atoms with Crippen molar-refractivity contribution in [3.8, 4) is 0 Å². The van der Waals surface area contributed by atoms with E-state index >= 15 is 0 Å². The van der Waals surface area contributed by atoms with Crippen molar-refractivity contribution in [2.24, 2.45) is 13.0 Å². The molecule has 1 heterocycles. The third kappa shape index (κ3) is 3.10. The molecular formula is C12H23BN2O2. The van der Waals surface area contributed by atoms with Gasteiger partial charge < -0.3 is 9.76 Å². The Kier molecular flexibility index (Phi) is 4.04. The predicted octanol–water partition coefficient (Wildman–Crippen LogP) is 0.599. The Morgan fingerprint density at radius 3 is 2.41 bits per heavy atom. The van der Waals surface area contributed by atoms with Crippen LogP contribution in [-0.2, 0) is 11.7 Å². The SMILES string of the molecule is CC(C)[C@@](C)(O)C(C)(C)OBc1cnn(C)c1. The van der Waals surface area contributed by atoms with Gasteiger partial charge in [0.25, 0.3) is 0 Å². The van der Waals surface area contributed by atoms with Crippen molar-refractivity contribution in [2.75, 3.05) is 0 Å². The molecule has 0 bridgehead atoms. The van der Waals surface area contributed by atoms with Crippen LogP contribution >= 0.6 is 0 Å². The van der Waals surface area contributed by atoms with Crippen LogP contribution in [0.1, 0.15) is 34.6 Å². The molecule has 0 saturated heterocycles. The molecule has 1 N–H and O–H groups in total. The lowest BCUT2D eigenvalue weighted by molar-refractivity contribution is -0.129. The van der Waals surface area contributed by atoms with Crippen molar-refractivity contribution >= 4 is 12.9 Å². The Hall–Kier alpha value is -0.805. The monoisotopic (exact) mass is 238 g/mol. The topological polar surface area (TPSA) is 47.3 Å². The Morgan fingerprint density at radius 1 is 1.41 bits per heavy atom. The van der Waals surface area contributed by atoms with Crippen LogP contribution in [0.3, 0.4) is 0 Å². The molecule has 0 spiro atoms. The van der Waals surface area contributed by atoms with E-state index < -0.39 is 11.2 Å². The molecule has 0 radical (unpaired) electrons. The van der Waals surface area contributed by atoms with E-state index in [4.69, 9.17) is 4.65 Å². The molecule has 4 nitrogen and oxygen atoms in total. The fourth-order valence-corrected chi connectivity index (χ4v) is 1.65. The summed E-state index contributed by atoms with van der Waals surface area (Å²) < 4.78 is 7.59. The first-order valence-corrected chi connectivity index (χ1v) is 6.00. The summed E-state index contributed by atoms with van der Waals surface area (Å²) in [5, 5.41) is 14.5. The highest BCUT2D eigenvalue weighted by atomic mass is 16.5. The number of hydrogen-bond acceptors (Lipinski definition) is 3. The van der Waals surface area contributed by atoms with Crippen LogP contribution in [0.15, 0.2) is 12.4 Å². The third-order valence-corrected chi connectivity index (χ3v) is 3.70. The second-order valence-corrected chi connectivity index (χ2v) is 5.62. The first-order valence-electron chi connectivity index (χ1n) is 6.00. The van der Waals surface area contributed by atoms with Crippen LogP contribution in [0.25, 0.3) is 0 Å². The van der Waals surface area contributed by atoms with Gasteiger partial charge in [-0.25, -0.2) is 0 Å². The first kappa shape index (κ1) is 14.3. The Balaban J connectivity index is 2.67. The summed E-state index contributed by atoms with van der Waals surface area (Å²) in [4.78, 5) is 0. The molecule has 0 aromatic carbocycles. The summed E-state index contributed by atoms with van der Waals surface area (Å²) in [6, 6.07) is 0. The van der Waals surface area contributed by atoms with Crippen molar-refractivity contribution in [1.82, 2.24) is 9.78 Å². The van der Waals surface area contributed by atoms with Crippen LogP contribution in [0, 0.1) is 5.92 Å². The maximum atomic E-state index is 10.5. The van der Waals surface area contributed by atoms with E-state index in [1.807, 2.05) is 47.9 Å². The average molecular weight is 238 g/mol. The molecule has 0 saturated carbocycles. The van der Waals surface area contributed by atoms with Crippen molar-refractivity contribution < 1.29 is 9.76 Å². The quantitative estimate of drug-likeness (QED) is 0.764. The van der Waals surface area contributed by atoms with Crippen molar-refractivity contribution in [3.63, 3.8) is 0 Å². The molecule has 0 aliphatic heterocycles. The summed E-state index contributed by atoms with van der Waals surface area (Å²) in [7, 11) is 2.34. The van der Waals surface area contributed by atoms with Gasteiger partial charge in [-0.15, -0.1) is 0 Å². The van der Waals surface area contributed by atoms with Gasteiger partial charge in [0, 0.05) is 19.4 Å². The highest BCUT2D eigenvalue weighted by Crippen LogP contribution is 2.31. The van der Waals surface area contributed by atoms with Gasteiger partial charge in [0.1, 0.15) is 0 Å². The molecule has 0 aliphatic carbocycles. The second-order valence-electron chi connectivity index (χ2n) is 5.62. The zero-order valence-corrected chi connectivity index (χ0v) is 11.7. The predicted molar refractivity (Wildman–Crippen MR) is 70.6 cm³/mol. The van der Waals surface area contributed by atoms with E-state index in [9.17, 15) is 5.11 Å². The van der Waals surface area contributed by atoms with Crippen LogP contribution in [0.2, 0.25) is 0 Å². The standard InChI is InChI=1S/C12H23BN2O2/c1-9(2)12(5,16)11(3,4)17-13-10-7-14-15(6)8-10/h7-9,13,16H,1-6H3/t12-/m1/s1. The van der Waals surface area contributed by atoms with Gasteiger partial charge in [0.05, 0.1) is 11.2 Å². The second kappa shape index (κ2) is 4.82. The van der Waals surface area contributed by atoms with Gasteiger partial charge in [-0.05, 0) is 32.2 Å². The van der Waals surface area contributed by atoms with Crippen molar-refractivity contribution in [3.05, 3.63) is 12.4 Å². The van der Waals surface area contributed by atoms with E-state index in [1.54, 1.807) is 10.9 Å². The number of rotatable bonds is 5. The van der Waals surface area contributed by atoms with Crippen LogP contribution in [-0.4, -0.2) is 33.6 Å². The summed E-state index contributed by atoms with van der Waals surface area (Å²) in [5.74, 6) is 0.131. The molecule has 17 heavy (non-hydrogen) atoms. The molecule has 96 valence electrons. The molecule has 0 amide bonds. The van der Waals surface area contributed by atoms with Gasteiger partial charge in [0.15, 0.2) is 0 Å². The molecular weight excluding hydrogens is 215 g/mol. The van der Waals surface area contributed by atoms with E-state index in [0.717, 1.165) is 5.46 Å². The smallest absolute Gasteiger partial charge is 0.312 e. The summed E-state index contributed by atoms with van der Waals surface area (Å²) in [6.45, 7) is 9.65. The Bertz CT molecular complexity index is 372. The summed E-state index contributed by atoms with van der Waals surface area (Å²) in [5.41, 5.74) is -0.452. The van der Waals surface area contributed by atoms with E-state index in [0.29, 0.717) is 7.48 Å². The lowest BCUT2D eigenvalue weighted by Crippen LogP contribution is -2.54. The van der Waals surface area contributed by atoms with Gasteiger partial charge in [-0.1, -0.05) is 13.8 Å². The molecule has 1 aromatic rings. The van der Waals surface area contributed by atoms with E-state index in [1.165, 1.54) is 0 Å². The molecule has 0 unspecified atom stereocenters. The minimum Gasteiger partial charge on any atom is -0.427 e. The average Bonchev–Trinajstić information content (AvgIpc) is 2.61. The van der Waals surface area contributed by atoms with Gasteiger partial charge in [-0.2, -0.15) is 5.10 Å². The fourth-order valence-electron chi connectivity index (χ4n) is 1.65.